The van der Waals surface area contributed by atoms with Crippen molar-refractivity contribution in [3.8, 4) is 0 Å². The van der Waals surface area contributed by atoms with Gasteiger partial charge in [-0.25, -0.2) is 0 Å². The van der Waals surface area contributed by atoms with Crippen molar-refractivity contribution in [2.45, 2.75) is 44.7 Å². The number of fused-ring (bicyclic) bond motifs is 1. The molecule has 28 heavy (non-hydrogen) atoms. The predicted molar refractivity (Wildman–Crippen MR) is 99.0 cm³/mol. The van der Waals surface area contributed by atoms with Crippen molar-refractivity contribution in [1.82, 2.24) is 5.32 Å². The molecule has 1 aromatic heterocycles. The minimum Gasteiger partial charge on any atom is -0.451 e. The van der Waals surface area contributed by atoms with Crippen LogP contribution in [0, 0.1) is 0 Å². The van der Waals surface area contributed by atoms with E-state index >= 15 is 0 Å². The summed E-state index contributed by atoms with van der Waals surface area (Å²) in [5.41, 5.74) is 1.98. The van der Waals surface area contributed by atoms with Gasteiger partial charge in [-0.05, 0) is 56.4 Å². The number of hydrogen-bond donors (Lipinski definition) is 2. The maximum absolute atomic E-state index is 12.3. The van der Waals surface area contributed by atoms with Crippen LogP contribution in [0.5, 0.6) is 0 Å². The summed E-state index contributed by atoms with van der Waals surface area (Å²) in [7, 11) is 0. The monoisotopic (exact) mass is 394 g/mol. The van der Waals surface area contributed by atoms with Crippen molar-refractivity contribution in [2.24, 2.45) is 0 Å². The number of benzene rings is 1. The van der Waals surface area contributed by atoms with Crippen molar-refractivity contribution in [3.05, 3.63) is 41.7 Å². The highest BCUT2D eigenvalue weighted by molar-refractivity contribution is 5.98. The van der Waals surface area contributed by atoms with Gasteiger partial charge in [0.2, 0.25) is 5.91 Å². The zero-order valence-electron chi connectivity index (χ0n) is 15.2. The number of hydrogen-bond acceptors (Lipinski definition) is 3. The molecule has 1 aliphatic rings. The lowest BCUT2D eigenvalue weighted by atomic mass is 9.97. The molecule has 5 nitrogen and oxygen atoms in total. The Kier molecular flexibility index (Phi) is 6.06. The van der Waals surface area contributed by atoms with Gasteiger partial charge in [0.25, 0.3) is 5.91 Å². The van der Waals surface area contributed by atoms with Gasteiger partial charge in [0, 0.05) is 17.6 Å². The average Bonchev–Trinajstić information content (AvgIpc) is 3.04. The minimum atomic E-state index is -4.57. The molecule has 150 valence electrons. The standard InChI is InChI=1S/C20H21F3N2O3/c21-20(22,23)12-18(26)25-15-6-7-16-14(10-15)11-17(28-16)19(27)24-9-8-13-4-2-1-3-5-13/h4,6-7,10-11H,1-3,5,8-9,12H2,(H,24,27)(H,25,26). The third kappa shape index (κ3) is 5.61. The molecule has 2 amide bonds. The van der Waals surface area contributed by atoms with Gasteiger partial charge in [-0.1, -0.05) is 11.6 Å². The number of allylic oxidation sites excluding steroid dienone is 1. The molecule has 0 fully saturated rings. The fraction of sp³-hybridized carbons (Fsp3) is 0.400. The van der Waals surface area contributed by atoms with E-state index in [0.717, 1.165) is 19.3 Å². The van der Waals surface area contributed by atoms with Gasteiger partial charge < -0.3 is 15.1 Å². The fourth-order valence-corrected chi connectivity index (χ4v) is 3.18. The summed E-state index contributed by atoms with van der Waals surface area (Å²) in [6.45, 7) is 0.514. The summed E-state index contributed by atoms with van der Waals surface area (Å²) in [4.78, 5) is 23.7. The fourth-order valence-electron chi connectivity index (χ4n) is 3.18. The number of carbonyl (C=O) groups is 2. The normalized spacial score (nSPS) is 14.6. The minimum absolute atomic E-state index is 0.117. The van der Waals surface area contributed by atoms with E-state index in [0.29, 0.717) is 17.5 Å². The number of furan rings is 1. The molecule has 0 atom stereocenters. The molecule has 2 aromatic rings. The Hall–Kier alpha value is -2.77. The Balaban J connectivity index is 1.59. The topological polar surface area (TPSA) is 71.3 Å². The van der Waals surface area contributed by atoms with E-state index in [1.165, 1.54) is 42.7 Å². The first-order chi connectivity index (χ1) is 13.3. The van der Waals surface area contributed by atoms with Crippen LogP contribution < -0.4 is 10.6 Å². The largest absolute Gasteiger partial charge is 0.451 e. The van der Waals surface area contributed by atoms with Crippen LogP contribution in [0.2, 0.25) is 0 Å². The van der Waals surface area contributed by atoms with Crippen molar-refractivity contribution < 1.29 is 27.2 Å². The molecule has 0 saturated carbocycles. The van der Waals surface area contributed by atoms with E-state index in [2.05, 4.69) is 16.7 Å². The molecule has 3 rings (SSSR count). The molecule has 1 aliphatic carbocycles. The van der Waals surface area contributed by atoms with E-state index < -0.39 is 18.5 Å². The van der Waals surface area contributed by atoms with E-state index in [-0.39, 0.29) is 17.4 Å². The maximum atomic E-state index is 12.3. The summed E-state index contributed by atoms with van der Waals surface area (Å²) in [5.74, 6) is -1.38. The maximum Gasteiger partial charge on any atom is 0.397 e. The number of anilines is 1. The highest BCUT2D eigenvalue weighted by Crippen LogP contribution is 2.25. The third-order valence-electron chi connectivity index (χ3n) is 4.50. The second kappa shape index (κ2) is 8.50. The zero-order valence-corrected chi connectivity index (χ0v) is 15.2. The average molecular weight is 394 g/mol. The quantitative estimate of drug-likeness (QED) is 0.682. The van der Waals surface area contributed by atoms with E-state index in [4.69, 9.17) is 4.42 Å². The molecule has 0 unspecified atom stereocenters. The zero-order chi connectivity index (χ0) is 20.1. The lowest BCUT2D eigenvalue weighted by Gasteiger charge is -2.12. The van der Waals surface area contributed by atoms with Gasteiger partial charge in [0.1, 0.15) is 12.0 Å². The Labute approximate surface area is 160 Å². The van der Waals surface area contributed by atoms with Gasteiger partial charge in [-0.2, -0.15) is 13.2 Å². The van der Waals surface area contributed by atoms with Crippen molar-refractivity contribution in [3.63, 3.8) is 0 Å². The van der Waals surface area contributed by atoms with Crippen LogP contribution in [0.15, 0.2) is 40.3 Å². The first-order valence-electron chi connectivity index (χ1n) is 9.16. The highest BCUT2D eigenvalue weighted by Gasteiger charge is 2.31. The second-order valence-electron chi connectivity index (χ2n) is 6.82. The SMILES string of the molecule is O=C(CC(F)(F)F)Nc1ccc2oc(C(=O)NCCC3=CCCCC3)cc2c1. The molecule has 0 aliphatic heterocycles. The summed E-state index contributed by atoms with van der Waals surface area (Å²) >= 11 is 0. The number of alkyl halides is 3. The van der Waals surface area contributed by atoms with Crippen LogP contribution in [0.4, 0.5) is 18.9 Å². The number of amides is 2. The van der Waals surface area contributed by atoms with E-state index in [9.17, 15) is 22.8 Å². The molecular formula is C20H21F3N2O3. The Morgan fingerprint density at radius 1 is 1.14 bits per heavy atom. The lowest BCUT2D eigenvalue weighted by molar-refractivity contribution is -0.150. The molecule has 2 N–H and O–H groups in total. The Morgan fingerprint density at radius 3 is 2.68 bits per heavy atom. The van der Waals surface area contributed by atoms with Gasteiger partial charge in [-0.3, -0.25) is 9.59 Å². The third-order valence-corrected chi connectivity index (χ3v) is 4.50. The van der Waals surface area contributed by atoms with Crippen molar-refractivity contribution >= 4 is 28.5 Å². The highest BCUT2D eigenvalue weighted by atomic mass is 19.4. The number of halogens is 3. The van der Waals surface area contributed by atoms with Crippen LogP contribution in [0.3, 0.4) is 0 Å². The van der Waals surface area contributed by atoms with Gasteiger partial charge in [0.15, 0.2) is 5.76 Å². The van der Waals surface area contributed by atoms with Crippen LogP contribution in [-0.2, 0) is 4.79 Å². The first kappa shape index (κ1) is 20.0. The van der Waals surface area contributed by atoms with E-state index in [1.54, 1.807) is 0 Å². The number of carbonyl (C=O) groups excluding carboxylic acids is 2. The van der Waals surface area contributed by atoms with E-state index in [1.807, 2.05) is 0 Å². The summed E-state index contributed by atoms with van der Waals surface area (Å²) in [5, 5.41) is 5.52. The number of rotatable bonds is 6. The molecule has 1 aromatic carbocycles. The molecule has 8 heteroatoms. The Bertz CT molecular complexity index is 900. The second-order valence-corrected chi connectivity index (χ2v) is 6.82. The molecule has 0 bridgehead atoms. The summed E-state index contributed by atoms with van der Waals surface area (Å²) in [6, 6.07) is 5.90. The summed E-state index contributed by atoms with van der Waals surface area (Å²) < 4.78 is 42.2. The van der Waals surface area contributed by atoms with Crippen molar-refractivity contribution in [1.29, 1.82) is 0 Å². The van der Waals surface area contributed by atoms with Gasteiger partial charge in [0.05, 0.1) is 0 Å². The molecule has 0 spiro atoms. The Morgan fingerprint density at radius 2 is 1.96 bits per heavy atom. The molecule has 1 heterocycles. The van der Waals surface area contributed by atoms with Crippen molar-refractivity contribution in [2.75, 3.05) is 11.9 Å². The number of nitrogens with one attached hydrogen (secondary N) is 2. The summed E-state index contributed by atoms with van der Waals surface area (Å²) in [6.07, 6.45) is 1.48. The molecular weight excluding hydrogens is 373 g/mol. The predicted octanol–water partition coefficient (Wildman–Crippen LogP) is 4.94. The lowest BCUT2D eigenvalue weighted by Crippen LogP contribution is -2.24. The van der Waals surface area contributed by atoms with Crippen LogP contribution in [0.25, 0.3) is 11.0 Å². The smallest absolute Gasteiger partial charge is 0.397 e. The van der Waals surface area contributed by atoms with Crippen LogP contribution in [0.1, 0.15) is 49.1 Å². The molecule has 0 saturated heterocycles. The first-order valence-corrected chi connectivity index (χ1v) is 9.16. The van der Waals surface area contributed by atoms with Crippen LogP contribution >= 0.6 is 0 Å². The van der Waals surface area contributed by atoms with Gasteiger partial charge >= 0.3 is 6.18 Å². The van der Waals surface area contributed by atoms with Crippen LogP contribution in [-0.4, -0.2) is 24.5 Å². The molecule has 0 radical (unpaired) electrons. The van der Waals surface area contributed by atoms with Gasteiger partial charge in [-0.15, -0.1) is 0 Å².